The molecule has 0 bridgehead atoms. The second-order valence-electron chi connectivity index (χ2n) is 10.5. The van der Waals surface area contributed by atoms with Gasteiger partial charge >= 0.3 is 11.9 Å². The second kappa shape index (κ2) is 11.3. The first kappa shape index (κ1) is 27.6. The quantitative estimate of drug-likeness (QED) is 0.362. The van der Waals surface area contributed by atoms with Crippen LogP contribution in [-0.4, -0.2) is 64.6 Å². The van der Waals surface area contributed by atoms with E-state index in [1.54, 1.807) is 34.9 Å². The maximum absolute atomic E-state index is 15.3. The van der Waals surface area contributed by atoms with Gasteiger partial charge in [-0.15, -0.1) is 0 Å². The van der Waals surface area contributed by atoms with Crippen molar-refractivity contribution < 1.29 is 34.0 Å². The lowest BCUT2D eigenvalue weighted by Gasteiger charge is -2.25. The lowest BCUT2D eigenvalue weighted by atomic mass is 9.94. The predicted molar refractivity (Wildman–Crippen MR) is 146 cm³/mol. The third-order valence-electron chi connectivity index (χ3n) is 7.84. The number of hydrogen-bond donors (Lipinski definition) is 4. The lowest BCUT2D eigenvalue weighted by molar-refractivity contribution is -0.146. The highest BCUT2D eigenvalue weighted by atomic mass is 19.1. The van der Waals surface area contributed by atoms with Crippen LogP contribution in [0.4, 0.5) is 10.1 Å². The van der Waals surface area contributed by atoms with Crippen molar-refractivity contribution in [1.82, 2.24) is 9.88 Å². The fourth-order valence-corrected chi connectivity index (χ4v) is 5.73. The zero-order valence-electron chi connectivity index (χ0n) is 22.0. The molecule has 0 amide bonds. The normalized spacial score (nSPS) is 20.8. The Bertz CT molecular complexity index is 1470. The summed E-state index contributed by atoms with van der Waals surface area (Å²) in [6.07, 6.45) is 4.00. The summed E-state index contributed by atoms with van der Waals surface area (Å²) in [6, 6.07) is 9.88. The number of halogens is 1. The van der Waals surface area contributed by atoms with Crippen LogP contribution < -0.4 is 20.4 Å². The fraction of sp³-hybridized carbons (Fsp3) is 0.414. The van der Waals surface area contributed by atoms with Gasteiger partial charge in [0, 0.05) is 31.4 Å². The van der Waals surface area contributed by atoms with Crippen molar-refractivity contribution in [3.8, 4) is 5.75 Å². The van der Waals surface area contributed by atoms with Gasteiger partial charge in [0.05, 0.1) is 18.0 Å². The molecule has 11 heteroatoms. The summed E-state index contributed by atoms with van der Waals surface area (Å²) in [6.45, 7) is 2.40. The van der Waals surface area contributed by atoms with Crippen LogP contribution in [0.1, 0.15) is 53.8 Å². The first-order valence-electron chi connectivity index (χ1n) is 13.3. The molecule has 40 heavy (non-hydrogen) atoms. The first-order chi connectivity index (χ1) is 19.2. The summed E-state index contributed by atoms with van der Waals surface area (Å²) in [5.74, 6) is -2.29. The number of aliphatic carboxylic acids is 1. The van der Waals surface area contributed by atoms with Crippen LogP contribution in [0.25, 0.3) is 10.9 Å². The van der Waals surface area contributed by atoms with E-state index in [1.165, 1.54) is 19.4 Å². The molecule has 3 aliphatic rings. The first-order valence-corrected chi connectivity index (χ1v) is 13.3. The Kier molecular flexibility index (Phi) is 7.77. The molecule has 1 saturated carbocycles. The Hall–Kier alpha value is -3.96. The van der Waals surface area contributed by atoms with E-state index in [0.717, 1.165) is 38.8 Å². The third kappa shape index (κ3) is 5.26. The smallest absolute Gasteiger partial charge is 0.341 e. The number of aromatic nitrogens is 1. The van der Waals surface area contributed by atoms with Gasteiger partial charge in [-0.2, -0.15) is 0 Å². The number of anilines is 1. The van der Waals surface area contributed by atoms with Gasteiger partial charge in [0.15, 0.2) is 17.7 Å². The number of nitrogens with zero attached hydrogens (tertiary/aromatic N) is 2. The molecule has 0 spiro atoms. The summed E-state index contributed by atoms with van der Waals surface area (Å²) >= 11 is 0. The highest BCUT2D eigenvalue weighted by Crippen LogP contribution is 2.45. The number of pyridine rings is 1. The standard InChI is InChI=1S/C21H24FN3O4.C8H8O3/c1-29-20-17-13(19(26)14(21(27)28)9-25(17)12-4-5-12)7-15(22)18(20)24-8-11-3-2-6-23-16(11)10-24;9-7(8(10)11)6-4-2-1-3-5-6/h7,9,11-12,16,23H,2-6,8,10H2,1H3,(H,27,28);1-5,7,9H,(H,10,11)/t11-,16+;/m0./s1. The zero-order chi connectivity index (χ0) is 28.6. The summed E-state index contributed by atoms with van der Waals surface area (Å²) in [5.41, 5.74) is 0.247. The van der Waals surface area contributed by atoms with Crippen molar-refractivity contribution in [2.45, 2.75) is 43.9 Å². The molecular weight excluding hydrogens is 521 g/mol. The number of aromatic carboxylic acids is 1. The van der Waals surface area contributed by atoms with Crippen molar-refractivity contribution in [2.24, 2.45) is 5.92 Å². The molecule has 4 N–H and O–H groups in total. The number of hydrogen-bond acceptors (Lipinski definition) is 7. The van der Waals surface area contributed by atoms with Crippen LogP contribution in [0.15, 0.2) is 47.4 Å². The van der Waals surface area contributed by atoms with Crippen LogP contribution in [-0.2, 0) is 4.79 Å². The average Bonchev–Trinajstić information content (AvgIpc) is 3.71. The van der Waals surface area contributed by atoms with Crippen molar-refractivity contribution in [1.29, 1.82) is 0 Å². The van der Waals surface area contributed by atoms with Gasteiger partial charge in [-0.3, -0.25) is 4.79 Å². The number of nitrogens with one attached hydrogen (secondary N) is 1. The monoisotopic (exact) mass is 553 g/mol. The van der Waals surface area contributed by atoms with Crippen LogP contribution in [0.3, 0.4) is 0 Å². The van der Waals surface area contributed by atoms with E-state index in [-0.39, 0.29) is 17.0 Å². The number of piperidine rings is 1. The van der Waals surface area contributed by atoms with E-state index in [9.17, 15) is 19.5 Å². The largest absolute Gasteiger partial charge is 0.492 e. The molecule has 2 saturated heterocycles. The van der Waals surface area contributed by atoms with E-state index in [0.29, 0.717) is 41.0 Å². The van der Waals surface area contributed by atoms with Crippen molar-refractivity contribution in [3.63, 3.8) is 0 Å². The summed E-state index contributed by atoms with van der Waals surface area (Å²) in [5, 5.41) is 30.4. The van der Waals surface area contributed by atoms with Crippen molar-refractivity contribution in [2.75, 3.05) is 31.6 Å². The van der Waals surface area contributed by atoms with Crippen LogP contribution in [0.5, 0.6) is 5.75 Å². The number of ether oxygens (including phenoxy) is 1. The van der Waals surface area contributed by atoms with Crippen LogP contribution in [0, 0.1) is 11.7 Å². The van der Waals surface area contributed by atoms with E-state index >= 15 is 4.39 Å². The van der Waals surface area contributed by atoms with E-state index < -0.39 is 29.3 Å². The number of benzene rings is 2. The van der Waals surface area contributed by atoms with Gasteiger partial charge in [-0.1, -0.05) is 30.3 Å². The van der Waals surface area contributed by atoms with E-state index in [2.05, 4.69) is 5.32 Å². The molecule has 2 aliphatic heterocycles. The Morgan fingerprint density at radius 1 is 1.12 bits per heavy atom. The summed E-state index contributed by atoms with van der Waals surface area (Å²) in [4.78, 5) is 36.6. The summed E-state index contributed by atoms with van der Waals surface area (Å²) < 4.78 is 22.8. The van der Waals surface area contributed by atoms with Gasteiger partial charge in [0.1, 0.15) is 11.3 Å². The number of methoxy groups -OCH3 is 1. The Labute approximate surface area is 229 Å². The molecule has 1 aromatic heterocycles. The Balaban J connectivity index is 0.000000248. The minimum Gasteiger partial charge on any atom is -0.492 e. The predicted octanol–water partition coefficient (Wildman–Crippen LogP) is 3.18. The zero-order valence-corrected chi connectivity index (χ0v) is 22.0. The maximum atomic E-state index is 15.3. The molecule has 3 heterocycles. The Morgan fingerprint density at radius 2 is 1.85 bits per heavy atom. The van der Waals surface area contributed by atoms with Gasteiger partial charge in [-0.05, 0) is 49.8 Å². The number of carboxylic acids is 2. The second-order valence-corrected chi connectivity index (χ2v) is 10.5. The summed E-state index contributed by atoms with van der Waals surface area (Å²) in [7, 11) is 1.48. The lowest BCUT2D eigenvalue weighted by Crippen LogP contribution is -2.40. The molecule has 0 radical (unpaired) electrons. The Morgan fingerprint density at radius 3 is 2.45 bits per heavy atom. The fourth-order valence-electron chi connectivity index (χ4n) is 5.73. The molecular formula is C29H32FN3O7. The molecule has 1 unspecified atom stereocenters. The van der Waals surface area contributed by atoms with Gasteiger partial charge < -0.3 is 34.8 Å². The highest BCUT2D eigenvalue weighted by Gasteiger charge is 2.38. The molecule has 1 aliphatic carbocycles. The molecule has 3 aromatic rings. The van der Waals surface area contributed by atoms with E-state index in [1.807, 2.05) is 4.90 Å². The van der Waals surface area contributed by atoms with Crippen molar-refractivity contribution >= 4 is 28.5 Å². The third-order valence-corrected chi connectivity index (χ3v) is 7.84. The number of aliphatic hydroxyl groups excluding tert-OH is 1. The number of aliphatic hydroxyl groups is 1. The molecule has 3 fully saturated rings. The number of carbonyl (C=O) groups is 2. The van der Waals surface area contributed by atoms with Gasteiger partial charge in [0.25, 0.3) is 0 Å². The number of carboxylic acid groups (broad SMARTS) is 2. The van der Waals surface area contributed by atoms with E-state index in [4.69, 9.17) is 14.9 Å². The molecule has 212 valence electrons. The minimum atomic E-state index is -1.41. The maximum Gasteiger partial charge on any atom is 0.341 e. The van der Waals surface area contributed by atoms with Crippen LogP contribution >= 0.6 is 0 Å². The minimum absolute atomic E-state index is 0.0599. The van der Waals surface area contributed by atoms with Gasteiger partial charge in [-0.25, -0.2) is 14.0 Å². The average molecular weight is 554 g/mol. The molecule has 2 aromatic carbocycles. The molecule has 6 rings (SSSR count). The molecule has 3 atom stereocenters. The number of rotatable bonds is 6. The topological polar surface area (TPSA) is 141 Å². The molecule has 10 nitrogen and oxygen atoms in total. The van der Waals surface area contributed by atoms with Gasteiger partial charge in [0.2, 0.25) is 5.43 Å². The highest BCUT2D eigenvalue weighted by molar-refractivity contribution is 5.97. The van der Waals surface area contributed by atoms with Crippen LogP contribution in [0.2, 0.25) is 0 Å². The SMILES string of the molecule is COc1c(N2C[C@@H]3CCCN[C@@H]3C2)c(F)cc2c(=O)c(C(=O)O)cn(C3CC3)c12.O=C(O)C(O)c1ccccc1. The number of fused-ring (bicyclic) bond motifs is 2. The van der Waals surface area contributed by atoms with Crippen molar-refractivity contribution in [3.05, 3.63) is 69.8 Å².